The summed E-state index contributed by atoms with van der Waals surface area (Å²) in [6.45, 7) is -0.317. The molecule has 2 nitrogen and oxygen atoms in total. The summed E-state index contributed by atoms with van der Waals surface area (Å²) in [6.07, 6.45) is -0.231. The minimum Gasteiger partial charge on any atom is -0.332 e. The lowest BCUT2D eigenvalue weighted by molar-refractivity contribution is 0.0121. The second kappa shape index (κ2) is 3.83. The third-order valence-electron chi connectivity index (χ3n) is 2.24. The number of carbonyl (C=O) groups excluding carboxylic acids is 1. The lowest BCUT2D eigenvalue weighted by atomic mass is 10.3. The molecule has 2 heterocycles. The molecule has 0 aliphatic carbocycles. The zero-order valence-corrected chi connectivity index (χ0v) is 10.1. The molecule has 0 radical (unpaired) electrons. The van der Waals surface area contributed by atoms with Crippen LogP contribution in [-0.4, -0.2) is 29.8 Å². The average molecular weight is 296 g/mol. The topological polar surface area (TPSA) is 20.3 Å². The molecule has 0 bridgehead atoms. The SMILES string of the molecule is O=C(c1cc(Br)cs1)N1CCC(F)(F)C1. The molecule has 1 amide bonds. The maximum atomic E-state index is 12.9. The van der Waals surface area contributed by atoms with Gasteiger partial charge in [0, 0.05) is 22.8 Å². The van der Waals surface area contributed by atoms with Crippen molar-refractivity contribution in [3.05, 3.63) is 20.8 Å². The molecule has 0 atom stereocenters. The lowest BCUT2D eigenvalue weighted by Crippen LogP contribution is -2.30. The first-order chi connectivity index (χ1) is 6.98. The van der Waals surface area contributed by atoms with Gasteiger partial charge in [-0.3, -0.25) is 4.79 Å². The Labute approximate surface area is 98.0 Å². The fourth-order valence-corrected chi connectivity index (χ4v) is 2.88. The minimum atomic E-state index is -2.72. The Bertz CT molecular complexity index is 393. The van der Waals surface area contributed by atoms with Gasteiger partial charge in [-0.2, -0.15) is 0 Å². The average Bonchev–Trinajstić information content (AvgIpc) is 2.71. The molecule has 1 aromatic heterocycles. The zero-order valence-electron chi connectivity index (χ0n) is 7.67. The quantitative estimate of drug-likeness (QED) is 0.780. The Morgan fingerprint density at radius 3 is 2.80 bits per heavy atom. The molecule has 2 rings (SSSR count). The van der Waals surface area contributed by atoms with E-state index in [-0.39, 0.29) is 18.9 Å². The van der Waals surface area contributed by atoms with Gasteiger partial charge < -0.3 is 4.90 Å². The predicted molar refractivity (Wildman–Crippen MR) is 57.5 cm³/mol. The van der Waals surface area contributed by atoms with E-state index < -0.39 is 12.5 Å². The standard InChI is InChI=1S/C9H8BrF2NOS/c10-6-3-7(15-4-6)8(14)13-2-1-9(11,12)5-13/h3-4H,1-2,5H2. The maximum absolute atomic E-state index is 12.9. The van der Waals surface area contributed by atoms with Crippen LogP contribution in [0.4, 0.5) is 8.78 Å². The van der Waals surface area contributed by atoms with E-state index in [1.807, 2.05) is 0 Å². The largest absolute Gasteiger partial charge is 0.332 e. The summed E-state index contributed by atoms with van der Waals surface area (Å²) >= 11 is 4.48. The molecule has 82 valence electrons. The van der Waals surface area contributed by atoms with Gasteiger partial charge >= 0.3 is 0 Å². The van der Waals surface area contributed by atoms with Crippen molar-refractivity contribution in [3.8, 4) is 0 Å². The van der Waals surface area contributed by atoms with Gasteiger partial charge in [0.15, 0.2) is 0 Å². The third-order valence-corrected chi connectivity index (χ3v) is 3.91. The molecule has 1 aromatic rings. The second-order valence-corrected chi connectivity index (χ2v) is 5.29. The zero-order chi connectivity index (χ0) is 11.1. The van der Waals surface area contributed by atoms with Gasteiger partial charge in [0.2, 0.25) is 0 Å². The molecule has 0 aromatic carbocycles. The molecule has 1 aliphatic rings. The molecule has 0 saturated carbocycles. The smallest absolute Gasteiger partial charge is 0.267 e. The van der Waals surface area contributed by atoms with Gasteiger partial charge in [-0.15, -0.1) is 11.3 Å². The molecule has 1 fully saturated rings. The predicted octanol–water partition coefficient (Wildman–Crippen LogP) is 2.99. The first-order valence-electron chi connectivity index (χ1n) is 4.39. The summed E-state index contributed by atoms with van der Waals surface area (Å²) in [5.41, 5.74) is 0. The number of halogens is 3. The summed E-state index contributed by atoms with van der Waals surface area (Å²) in [4.78, 5) is 13.4. The van der Waals surface area contributed by atoms with Gasteiger partial charge in [-0.25, -0.2) is 8.78 Å². The monoisotopic (exact) mass is 295 g/mol. The van der Waals surface area contributed by atoms with Gasteiger partial charge in [-0.1, -0.05) is 0 Å². The summed E-state index contributed by atoms with van der Waals surface area (Å²) in [5, 5.41) is 1.77. The van der Waals surface area contributed by atoms with Crippen LogP contribution in [0.3, 0.4) is 0 Å². The van der Waals surface area contributed by atoms with Crippen LogP contribution < -0.4 is 0 Å². The first-order valence-corrected chi connectivity index (χ1v) is 6.06. The highest BCUT2D eigenvalue weighted by Gasteiger charge is 2.40. The summed E-state index contributed by atoms with van der Waals surface area (Å²) in [5.74, 6) is -3.02. The van der Waals surface area contributed by atoms with Crippen LogP contribution >= 0.6 is 27.3 Å². The van der Waals surface area contributed by atoms with Crippen LogP contribution in [0.15, 0.2) is 15.9 Å². The van der Waals surface area contributed by atoms with Crippen molar-refractivity contribution in [1.82, 2.24) is 4.90 Å². The number of rotatable bonds is 1. The summed E-state index contributed by atoms with van der Waals surface area (Å²) < 4.78 is 26.6. The Kier molecular flexibility index (Phi) is 2.81. The number of likely N-dealkylation sites (tertiary alicyclic amines) is 1. The number of alkyl halides is 2. The minimum absolute atomic E-state index is 0.140. The van der Waals surface area contributed by atoms with E-state index in [2.05, 4.69) is 15.9 Å². The van der Waals surface area contributed by atoms with Crippen LogP contribution in [-0.2, 0) is 0 Å². The van der Waals surface area contributed by atoms with E-state index in [0.29, 0.717) is 4.88 Å². The Balaban J connectivity index is 2.10. The van der Waals surface area contributed by atoms with E-state index in [0.717, 1.165) is 4.47 Å². The van der Waals surface area contributed by atoms with Gasteiger partial charge in [0.25, 0.3) is 11.8 Å². The van der Waals surface area contributed by atoms with Crippen molar-refractivity contribution in [1.29, 1.82) is 0 Å². The van der Waals surface area contributed by atoms with E-state index in [1.54, 1.807) is 11.4 Å². The first kappa shape index (κ1) is 11.0. The molecular weight excluding hydrogens is 288 g/mol. The van der Waals surface area contributed by atoms with E-state index in [9.17, 15) is 13.6 Å². The molecule has 0 unspecified atom stereocenters. The second-order valence-electron chi connectivity index (χ2n) is 3.46. The van der Waals surface area contributed by atoms with E-state index in [4.69, 9.17) is 0 Å². The Morgan fingerprint density at radius 2 is 2.33 bits per heavy atom. The number of carbonyl (C=O) groups is 1. The van der Waals surface area contributed by atoms with Crippen LogP contribution in [0.2, 0.25) is 0 Å². The van der Waals surface area contributed by atoms with Crippen LogP contribution in [0.1, 0.15) is 16.1 Å². The van der Waals surface area contributed by atoms with Crippen molar-refractivity contribution in [2.24, 2.45) is 0 Å². The lowest BCUT2D eigenvalue weighted by Gasteiger charge is -2.14. The fourth-order valence-electron chi connectivity index (χ4n) is 1.49. The van der Waals surface area contributed by atoms with Crippen LogP contribution in [0.25, 0.3) is 0 Å². The number of hydrogen-bond donors (Lipinski definition) is 0. The normalized spacial score (nSPS) is 19.5. The van der Waals surface area contributed by atoms with Crippen molar-refractivity contribution in [3.63, 3.8) is 0 Å². The summed E-state index contributed by atoms with van der Waals surface area (Å²) in [6, 6.07) is 1.66. The third kappa shape index (κ3) is 2.36. The fraction of sp³-hybridized carbons (Fsp3) is 0.444. The molecule has 1 saturated heterocycles. The number of amides is 1. The van der Waals surface area contributed by atoms with E-state index >= 15 is 0 Å². The molecule has 6 heteroatoms. The highest BCUT2D eigenvalue weighted by molar-refractivity contribution is 9.10. The molecule has 0 N–H and O–H groups in total. The van der Waals surface area contributed by atoms with Gasteiger partial charge in [0.1, 0.15) is 0 Å². The van der Waals surface area contributed by atoms with Crippen molar-refractivity contribution >= 4 is 33.2 Å². The summed E-state index contributed by atoms with van der Waals surface area (Å²) in [7, 11) is 0. The van der Waals surface area contributed by atoms with Crippen LogP contribution in [0, 0.1) is 0 Å². The maximum Gasteiger partial charge on any atom is 0.267 e. The number of thiophene rings is 1. The Morgan fingerprint density at radius 1 is 1.60 bits per heavy atom. The highest BCUT2D eigenvalue weighted by Crippen LogP contribution is 2.29. The van der Waals surface area contributed by atoms with E-state index in [1.165, 1.54) is 16.2 Å². The van der Waals surface area contributed by atoms with Crippen LogP contribution in [0.5, 0.6) is 0 Å². The Hall–Kier alpha value is -0.490. The number of hydrogen-bond acceptors (Lipinski definition) is 2. The molecule has 0 spiro atoms. The van der Waals surface area contributed by atoms with Crippen molar-refractivity contribution in [2.45, 2.75) is 12.3 Å². The molecule has 1 aliphatic heterocycles. The molecule has 15 heavy (non-hydrogen) atoms. The highest BCUT2D eigenvalue weighted by atomic mass is 79.9. The van der Waals surface area contributed by atoms with Crippen molar-refractivity contribution < 1.29 is 13.6 Å². The van der Waals surface area contributed by atoms with Gasteiger partial charge in [0.05, 0.1) is 11.4 Å². The van der Waals surface area contributed by atoms with Crippen molar-refractivity contribution in [2.75, 3.05) is 13.1 Å². The number of nitrogens with zero attached hydrogens (tertiary/aromatic N) is 1. The van der Waals surface area contributed by atoms with Gasteiger partial charge in [-0.05, 0) is 22.0 Å². The molecular formula is C9H8BrF2NOS.